The SMILES string of the molecule is CCCCCCCCO.CCCCCCCCOc1cccc(Br)c1.Oc1cccc(Br)c1. The second-order valence-electron chi connectivity index (χ2n) is 8.04. The maximum atomic E-state index is 8.78. The number of halogens is 2. The second-order valence-corrected chi connectivity index (χ2v) is 9.88. The summed E-state index contributed by atoms with van der Waals surface area (Å²) in [5, 5.41) is 17.2. The minimum Gasteiger partial charge on any atom is -0.508 e. The van der Waals surface area contributed by atoms with E-state index in [1.807, 2.05) is 30.3 Å². The van der Waals surface area contributed by atoms with E-state index < -0.39 is 0 Å². The summed E-state index contributed by atoms with van der Waals surface area (Å²) in [6.07, 6.45) is 15.3. The molecule has 188 valence electrons. The van der Waals surface area contributed by atoms with E-state index in [4.69, 9.17) is 14.9 Å². The van der Waals surface area contributed by atoms with Crippen molar-refractivity contribution in [3.05, 3.63) is 57.5 Å². The van der Waals surface area contributed by atoms with Gasteiger partial charge in [-0.2, -0.15) is 0 Å². The van der Waals surface area contributed by atoms with E-state index >= 15 is 0 Å². The fourth-order valence-electron chi connectivity index (χ4n) is 3.00. The molecule has 0 saturated carbocycles. The van der Waals surface area contributed by atoms with Crippen LogP contribution in [-0.4, -0.2) is 23.4 Å². The van der Waals surface area contributed by atoms with Crippen LogP contribution in [0.15, 0.2) is 57.5 Å². The van der Waals surface area contributed by atoms with Gasteiger partial charge in [-0.25, -0.2) is 0 Å². The van der Waals surface area contributed by atoms with Crippen LogP contribution in [0.2, 0.25) is 0 Å². The third-order valence-electron chi connectivity index (χ3n) is 4.88. The van der Waals surface area contributed by atoms with Gasteiger partial charge in [0.1, 0.15) is 11.5 Å². The van der Waals surface area contributed by atoms with Gasteiger partial charge in [0.2, 0.25) is 0 Å². The smallest absolute Gasteiger partial charge is 0.120 e. The number of ether oxygens (including phenoxy) is 1. The molecule has 2 aromatic carbocycles. The van der Waals surface area contributed by atoms with Gasteiger partial charge in [0.15, 0.2) is 0 Å². The summed E-state index contributed by atoms with van der Waals surface area (Å²) in [7, 11) is 0. The van der Waals surface area contributed by atoms with Gasteiger partial charge >= 0.3 is 0 Å². The van der Waals surface area contributed by atoms with Gasteiger partial charge in [-0.3, -0.25) is 0 Å². The Morgan fingerprint density at radius 3 is 1.67 bits per heavy atom. The first kappa shape index (κ1) is 32.0. The highest BCUT2D eigenvalue weighted by Gasteiger charge is 1.95. The number of unbranched alkanes of at least 4 members (excludes halogenated alkanes) is 10. The molecule has 2 aromatic rings. The number of aliphatic hydroxyl groups is 1. The van der Waals surface area contributed by atoms with Crippen LogP contribution in [0.1, 0.15) is 90.9 Å². The lowest BCUT2D eigenvalue weighted by Gasteiger charge is -2.06. The first-order valence-corrected chi connectivity index (χ1v) is 14.1. The van der Waals surface area contributed by atoms with Gasteiger partial charge in [-0.05, 0) is 49.2 Å². The second kappa shape index (κ2) is 24.1. The number of phenolic OH excluding ortho intramolecular Hbond substituents is 1. The van der Waals surface area contributed by atoms with Gasteiger partial charge in [-0.15, -0.1) is 0 Å². The average molecular weight is 588 g/mol. The molecule has 0 amide bonds. The highest BCUT2D eigenvalue weighted by molar-refractivity contribution is 9.10. The summed E-state index contributed by atoms with van der Waals surface area (Å²) < 4.78 is 7.64. The van der Waals surface area contributed by atoms with E-state index in [1.54, 1.807) is 18.2 Å². The molecule has 2 N–H and O–H groups in total. The summed E-state index contributed by atoms with van der Waals surface area (Å²) in [4.78, 5) is 0. The number of rotatable bonds is 14. The van der Waals surface area contributed by atoms with Crippen molar-refractivity contribution < 1.29 is 14.9 Å². The molecule has 3 nitrogen and oxygen atoms in total. The van der Waals surface area contributed by atoms with Gasteiger partial charge in [0.25, 0.3) is 0 Å². The zero-order valence-electron chi connectivity index (χ0n) is 20.6. The first-order chi connectivity index (χ1) is 16.0. The molecule has 0 bridgehead atoms. The molecule has 0 aromatic heterocycles. The van der Waals surface area contributed by atoms with Crippen molar-refractivity contribution in [2.45, 2.75) is 90.9 Å². The zero-order chi connectivity index (χ0) is 24.6. The summed E-state index contributed by atoms with van der Waals surface area (Å²) >= 11 is 6.64. The number of hydrogen-bond acceptors (Lipinski definition) is 3. The standard InChI is InChI=1S/C14H21BrO.C8H18O.C6H5BrO/c1-2-3-4-5-6-7-11-16-14-10-8-9-13(15)12-14;1-2-3-4-5-6-7-8-9;7-5-2-1-3-6(8)4-5/h8-10,12H,2-7,11H2,1H3;9H,2-8H2,1H3;1-4,8H. The van der Waals surface area contributed by atoms with Crippen LogP contribution in [0.4, 0.5) is 0 Å². The van der Waals surface area contributed by atoms with Crippen LogP contribution < -0.4 is 4.74 Å². The number of hydrogen-bond donors (Lipinski definition) is 2. The fraction of sp³-hybridized carbons (Fsp3) is 0.571. The van der Waals surface area contributed by atoms with Crippen molar-refractivity contribution in [2.24, 2.45) is 0 Å². The molecular weight excluding hydrogens is 544 g/mol. The lowest BCUT2D eigenvalue weighted by atomic mass is 10.1. The monoisotopic (exact) mass is 586 g/mol. The summed E-state index contributed by atoms with van der Waals surface area (Å²) in [6, 6.07) is 14.9. The van der Waals surface area contributed by atoms with Crippen LogP contribution in [0, 0.1) is 0 Å². The van der Waals surface area contributed by atoms with E-state index in [0.717, 1.165) is 34.1 Å². The first-order valence-electron chi connectivity index (χ1n) is 12.5. The molecule has 0 unspecified atom stereocenters. The molecule has 0 aliphatic carbocycles. The van der Waals surface area contributed by atoms with Crippen molar-refractivity contribution in [3.8, 4) is 11.5 Å². The Hall–Kier alpha value is -1.04. The molecule has 5 heteroatoms. The Morgan fingerprint density at radius 2 is 1.18 bits per heavy atom. The largest absolute Gasteiger partial charge is 0.508 e. The predicted octanol–water partition coefficient (Wildman–Crippen LogP) is 9.68. The summed E-state index contributed by atoms with van der Waals surface area (Å²) in [5.41, 5.74) is 0. The van der Waals surface area contributed by atoms with E-state index in [9.17, 15) is 0 Å². The van der Waals surface area contributed by atoms with E-state index in [0.29, 0.717) is 12.4 Å². The highest BCUT2D eigenvalue weighted by atomic mass is 79.9. The third kappa shape index (κ3) is 22.5. The minimum absolute atomic E-state index is 0.291. The molecule has 0 atom stereocenters. The van der Waals surface area contributed by atoms with Crippen LogP contribution >= 0.6 is 31.9 Å². The lowest BCUT2D eigenvalue weighted by molar-refractivity contribution is 0.282. The third-order valence-corrected chi connectivity index (χ3v) is 5.87. The predicted molar refractivity (Wildman–Crippen MR) is 149 cm³/mol. The Labute approximate surface area is 219 Å². The molecule has 0 aliphatic heterocycles. The summed E-state index contributed by atoms with van der Waals surface area (Å²) in [5.74, 6) is 1.25. The van der Waals surface area contributed by atoms with Crippen molar-refractivity contribution in [1.29, 1.82) is 0 Å². The van der Waals surface area contributed by atoms with Crippen molar-refractivity contribution in [2.75, 3.05) is 13.2 Å². The van der Waals surface area contributed by atoms with E-state index in [1.165, 1.54) is 64.2 Å². The number of aliphatic hydroxyl groups excluding tert-OH is 1. The molecule has 0 saturated heterocycles. The van der Waals surface area contributed by atoms with Crippen LogP contribution in [0.3, 0.4) is 0 Å². The Balaban J connectivity index is 0.000000510. The minimum atomic E-state index is 0.291. The van der Waals surface area contributed by atoms with Crippen molar-refractivity contribution >= 4 is 31.9 Å². The average Bonchev–Trinajstić information content (AvgIpc) is 2.79. The van der Waals surface area contributed by atoms with Crippen molar-refractivity contribution in [1.82, 2.24) is 0 Å². The molecule has 0 fully saturated rings. The van der Waals surface area contributed by atoms with Gasteiger partial charge < -0.3 is 14.9 Å². The molecule has 2 rings (SSSR count). The molecule has 33 heavy (non-hydrogen) atoms. The molecular formula is C28H44Br2O3. The van der Waals surface area contributed by atoms with E-state index in [2.05, 4.69) is 45.7 Å². The Morgan fingerprint density at radius 1 is 0.667 bits per heavy atom. The maximum Gasteiger partial charge on any atom is 0.120 e. The van der Waals surface area contributed by atoms with Gasteiger partial charge in [0, 0.05) is 15.6 Å². The van der Waals surface area contributed by atoms with Crippen LogP contribution in [-0.2, 0) is 0 Å². The fourth-order valence-corrected chi connectivity index (χ4v) is 3.76. The molecule has 0 radical (unpaired) electrons. The van der Waals surface area contributed by atoms with Crippen LogP contribution in [0.5, 0.6) is 11.5 Å². The lowest BCUT2D eigenvalue weighted by Crippen LogP contribution is -1.97. The Kier molecular flexibility index (Phi) is 23.3. The topological polar surface area (TPSA) is 49.7 Å². The number of benzene rings is 2. The van der Waals surface area contributed by atoms with Crippen LogP contribution in [0.25, 0.3) is 0 Å². The van der Waals surface area contributed by atoms with E-state index in [-0.39, 0.29) is 0 Å². The molecule has 0 heterocycles. The highest BCUT2D eigenvalue weighted by Crippen LogP contribution is 2.18. The molecule has 0 aliphatic rings. The number of phenols is 1. The van der Waals surface area contributed by atoms with Gasteiger partial charge in [-0.1, -0.05) is 122 Å². The van der Waals surface area contributed by atoms with Gasteiger partial charge in [0.05, 0.1) is 6.61 Å². The zero-order valence-corrected chi connectivity index (χ0v) is 23.7. The quantitative estimate of drug-likeness (QED) is 0.216. The maximum absolute atomic E-state index is 8.78. The van der Waals surface area contributed by atoms with Crippen molar-refractivity contribution in [3.63, 3.8) is 0 Å². The Bertz CT molecular complexity index is 656. The normalized spacial score (nSPS) is 9.97. The number of aromatic hydroxyl groups is 1. The molecule has 0 spiro atoms. The summed E-state index contributed by atoms with van der Waals surface area (Å²) in [6.45, 7) is 5.66.